The molecule has 6 heteroatoms. The van der Waals surface area contributed by atoms with E-state index in [1.807, 2.05) is 12.1 Å². The van der Waals surface area contributed by atoms with Crippen LogP contribution >= 0.6 is 11.3 Å². The maximum Gasteiger partial charge on any atom is 0.281 e. The molecule has 0 atom stereocenters. The van der Waals surface area contributed by atoms with Gasteiger partial charge in [-0.1, -0.05) is 30.6 Å². The summed E-state index contributed by atoms with van der Waals surface area (Å²) in [5.41, 5.74) is 0.445. The highest BCUT2D eigenvalue weighted by Gasteiger charge is 2.22. The first kappa shape index (κ1) is 19.8. The summed E-state index contributed by atoms with van der Waals surface area (Å²) in [5, 5.41) is 4.31. The molecule has 0 aliphatic heterocycles. The van der Waals surface area contributed by atoms with Crippen molar-refractivity contribution in [3.05, 3.63) is 28.6 Å². The van der Waals surface area contributed by atoms with E-state index >= 15 is 0 Å². The van der Waals surface area contributed by atoms with Crippen LogP contribution in [0.15, 0.2) is 23.0 Å². The highest BCUT2D eigenvalue weighted by Crippen LogP contribution is 2.29. The Balaban J connectivity index is 1.87. The molecule has 1 fully saturated rings. The molecule has 1 aromatic heterocycles. The zero-order valence-electron chi connectivity index (χ0n) is 16.6. The molecule has 1 saturated carbocycles. The van der Waals surface area contributed by atoms with Crippen LogP contribution in [0.25, 0.3) is 10.1 Å². The summed E-state index contributed by atoms with van der Waals surface area (Å²) in [4.78, 5) is 31.6. The number of nitrogens with zero attached hydrogens (tertiary/aromatic N) is 2. The number of nitrogens with one attached hydrogen (secondary N) is 1. The molecule has 27 heavy (non-hydrogen) atoms. The molecule has 1 N–H and O–H groups in total. The van der Waals surface area contributed by atoms with Gasteiger partial charge in [0.25, 0.3) is 5.56 Å². The molecular weight excluding hydrogens is 358 g/mol. The van der Waals surface area contributed by atoms with Crippen molar-refractivity contribution in [3.63, 3.8) is 0 Å². The van der Waals surface area contributed by atoms with Gasteiger partial charge in [-0.05, 0) is 58.7 Å². The molecule has 1 heterocycles. The van der Waals surface area contributed by atoms with Gasteiger partial charge in [0.15, 0.2) is 5.13 Å². The number of aromatic nitrogens is 1. The Morgan fingerprint density at radius 3 is 2.44 bits per heavy atom. The van der Waals surface area contributed by atoms with Crippen molar-refractivity contribution in [3.8, 4) is 0 Å². The number of anilines is 2. The monoisotopic (exact) mass is 387 g/mol. The fourth-order valence-corrected chi connectivity index (χ4v) is 5.13. The first-order chi connectivity index (χ1) is 12.9. The molecule has 1 amide bonds. The van der Waals surface area contributed by atoms with Gasteiger partial charge in [0, 0.05) is 28.4 Å². The minimum absolute atomic E-state index is 0.0699. The molecule has 0 radical (unpaired) electrons. The summed E-state index contributed by atoms with van der Waals surface area (Å²) in [7, 11) is 0. The maximum absolute atomic E-state index is 12.6. The second-order valence-electron chi connectivity index (χ2n) is 7.93. The molecule has 0 saturated heterocycles. The molecule has 146 valence electrons. The van der Waals surface area contributed by atoms with E-state index in [0.717, 1.165) is 35.5 Å². The van der Waals surface area contributed by atoms with Crippen LogP contribution in [0.2, 0.25) is 0 Å². The summed E-state index contributed by atoms with van der Waals surface area (Å²) < 4.78 is 0.895. The summed E-state index contributed by atoms with van der Waals surface area (Å²) in [6.07, 6.45) is 5.38. The van der Waals surface area contributed by atoms with Crippen molar-refractivity contribution < 1.29 is 4.79 Å². The van der Waals surface area contributed by atoms with Gasteiger partial charge in [-0.25, -0.2) is 0 Å². The summed E-state index contributed by atoms with van der Waals surface area (Å²) in [6.45, 7) is 8.42. The van der Waals surface area contributed by atoms with Crippen LogP contribution < -0.4 is 15.8 Å². The number of hydrogen-bond donors (Lipinski definition) is 1. The molecular formula is C21H29N3O2S. The molecule has 0 spiro atoms. The number of amides is 1. The first-order valence-electron chi connectivity index (χ1n) is 9.91. The third kappa shape index (κ3) is 4.49. The average molecular weight is 388 g/mol. The van der Waals surface area contributed by atoms with E-state index in [9.17, 15) is 9.59 Å². The Morgan fingerprint density at radius 1 is 1.15 bits per heavy atom. The first-order valence-corrected chi connectivity index (χ1v) is 10.7. The molecule has 0 bridgehead atoms. The quantitative estimate of drug-likeness (QED) is 0.800. The van der Waals surface area contributed by atoms with Gasteiger partial charge in [-0.2, -0.15) is 4.98 Å². The van der Waals surface area contributed by atoms with Crippen molar-refractivity contribution in [2.24, 2.45) is 5.92 Å². The summed E-state index contributed by atoms with van der Waals surface area (Å²) in [5.74, 6) is 0.163. The number of benzene rings is 1. The van der Waals surface area contributed by atoms with Crippen LogP contribution in [0.4, 0.5) is 10.8 Å². The van der Waals surface area contributed by atoms with E-state index in [2.05, 4.69) is 42.9 Å². The second kappa shape index (κ2) is 8.38. The standard InChI is InChI=1S/C21H29N3O2S/c1-13(2)24(14(3)4)21-23-20(26)17-12-16(10-11-18(17)27-21)22-19(25)15-8-6-5-7-9-15/h10-15H,5-9H2,1-4H3,(H,22,25). The van der Waals surface area contributed by atoms with E-state index in [4.69, 9.17) is 0 Å². The Labute approximate surface area is 164 Å². The van der Waals surface area contributed by atoms with Gasteiger partial charge < -0.3 is 10.2 Å². The van der Waals surface area contributed by atoms with Crippen molar-refractivity contribution in [1.82, 2.24) is 4.98 Å². The second-order valence-corrected chi connectivity index (χ2v) is 8.94. The van der Waals surface area contributed by atoms with E-state index in [1.165, 1.54) is 17.8 Å². The highest BCUT2D eigenvalue weighted by atomic mass is 32.1. The SMILES string of the molecule is CC(C)N(c1nc(=O)c2cc(NC(=O)C3CCCCC3)ccc2s1)C(C)C. The molecule has 5 nitrogen and oxygen atoms in total. The van der Waals surface area contributed by atoms with E-state index in [1.54, 1.807) is 6.07 Å². The zero-order valence-corrected chi connectivity index (χ0v) is 17.4. The lowest BCUT2D eigenvalue weighted by Gasteiger charge is -2.31. The van der Waals surface area contributed by atoms with E-state index in [-0.39, 0.29) is 29.5 Å². The van der Waals surface area contributed by atoms with Gasteiger partial charge in [-0.3, -0.25) is 9.59 Å². The molecule has 0 unspecified atom stereocenters. The number of carbonyl (C=O) groups is 1. The Morgan fingerprint density at radius 2 is 1.81 bits per heavy atom. The Kier molecular flexibility index (Phi) is 6.15. The van der Waals surface area contributed by atoms with Crippen LogP contribution in [-0.4, -0.2) is 23.0 Å². The van der Waals surface area contributed by atoms with Crippen molar-refractivity contribution in [2.45, 2.75) is 71.9 Å². The molecule has 1 aliphatic carbocycles. The highest BCUT2D eigenvalue weighted by molar-refractivity contribution is 7.21. The molecule has 3 rings (SSSR count). The molecule has 1 aromatic carbocycles. The predicted octanol–water partition coefficient (Wildman–Crippen LogP) is 4.80. The number of rotatable bonds is 5. The van der Waals surface area contributed by atoms with Crippen molar-refractivity contribution in [2.75, 3.05) is 10.2 Å². The molecule has 2 aromatic rings. The van der Waals surface area contributed by atoms with Gasteiger partial charge in [-0.15, -0.1) is 0 Å². The Bertz CT molecular complexity index is 861. The number of hydrogen-bond acceptors (Lipinski definition) is 5. The van der Waals surface area contributed by atoms with Crippen molar-refractivity contribution in [1.29, 1.82) is 0 Å². The van der Waals surface area contributed by atoms with Crippen LogP contribution in [0, 0.1) is 5.92 Å². The van der Waals surface area contributed by atoms with Gasteiger partial charge >= 0.3 is 0 Å². The predicted molar refractivity (Wildman–Crippen MR) is 114 cm³/mol. The van der Waals surface area contributed by atoms with Crippen molar-refractivity contribution >= 4 is 38.1 Å². The topological polar surface area (TPSA) is 62.3 Å². The van der Waals surface area contributed by atoms with Crippen LogP contribution in [0.3, 0.4) is 0 Å². The maximum atomic E-state index is 12.6. The lowest BCUT2D eigenvalue weighted by molar-refractivity contribution is -0.120. The number of carbonyl (C=O) groups excluding carboxylic acids is 1. The van der Waals surface area contributed by atoms with Crippen LogP contribution in [0.5, 0.6) is 0 Å². The zero-order chi connectivity index (χ0) is 19.6. The largest absolute Gasteiger partial charge is 0.343 e. The summed E-state index contributed by atoms with van der Waals surface area (Å²) in [6, 6.07) is 6.10. The number of fused-ring (bicyclic) bond motifs is 1. The van der Waals surface area contributed by atoms with E-state index in [0.29, 0.717) is 11.1 Å². The third-order valence-electron chi connectivity index (χ3n) is 5.19. The minimum atomic E-state index is -0.237. The lowest BCUT2D eigenvalue weighted by atomic mass is 9.88. The fraction of sp³-hybridized carbons (Fsp3) is 0.571. The van der Waals surface area contributed by atoms with Gasteiger partial charge in [0.1, 0.15) is 0 Å². The third-order valence-corrected chi connectivity index (χ3v) is 6.25. The van der Waals surface area contributed by atoms with Gasteiger partial charge in [0.2, 0.25) is 5.91 Å². The average Bonchev–Trinajstić information content (AvgIpc) is 2.62. The fourth-order valence-electron chi connectivity index (χ4n) is 3.89. The van der Waals surface area contributed by atoms with Gasteiger partial charge in [0.05, 0.1) is 5.39 Å². The summed E-state index contributed by atoms with van der Waals surface area (Å²) >= 11 is 1.52. The van der Waals surface area contributed by atoms with Crippen LogP contribution in [-0.2, 0) is 4.79 Å². The minimum Gasteiger partial charge on any atom is -0.343 e. The molecule has 1 aliphatic rings. The smallest absolute Gasteiger partial charge is 0.281 e. The van der Waals surface area contributed by atoms with Crippen LogP contribution in [0.1, 0.15) is 59.8 Å². The normalized spacial score (nSPS) is 15.5. The Hall–Kier alpha value is -1.95. The van der Waals surface area contributed by atoms with E-state index < -0.39 is 0 Å². The lowest BCUT2D eigenvalue weighted by Crippen LogP contribution is -2.38.